The number of hydrogen-bond acceptors (Lipinski definition) is 4. The number of hydrogen-bond donors (Lipinski definition) is 1. The van der Waals surface area contributed by atoms with Crippen LogP contribution < -0.4 is 5.73 Å². The predicted octanol–water partition coefficient (Wildman–Crippen LogP) is 0.960. The summed E-state index contributed by atoms with van der Waals surface area (Å²) in [4.78, 5) is 0. The first-order valence-electron chi connectivity index (χ1n) is 5.81. The average molecular weight is 249 g/mol. The summed E-state index contributed by atoms with van der Waals surface area (Å²) in [5, 5.41) is 0. The standard InChI is InChI=1S/C11H27NO3Si/c1-10(2,8-12)6-7-16-9-11(13-3,14-4)15-5/h6-9,12,16H2,1-5H3. The Hall–Kier alpha value is 0.0569. The van der Waals surface area contributed by atoms with Crippen molar-refractivity contribution in [3.63, 3.8) is 0 Å². The first kappa shape index (κ1) is 16.1. The molecule has 0 heterocycles. The van der Waals surface area contributed by atoms with Crippen molar-refractivity contribution in [2.24, 2.45) is 11.1 Å². The fraction of sp³-hybridized carbons (Fsp3) is 1.00. The molecule has 0 aliphatic heterocycles. The Balaban J connectivity index is 3.88. The van der Waals surface area contributed by atoms with Gasteiger partial charge in [-0.3, -0.25) is 0 Å². The SMILES string of the molecule is COC(C[SiH2]CCC(C)(C)CN)(OC)OC. The van der Waals surface area contributed by atoms with Crippen molar-refractivity contribution in [1.82, 2.24) is 0 Å². The van der Waals surface area contributed by atoms with Crippen LogP contribution in [0.15, 0.2) is 0 Å². The maximum absolute atomic E-state index is 5.69. The van der Waals surface area contributed by atoms with Crippen LogP contribution in [0.2, 0.25) is 12.1 Å². The van der Waals surface area contributed by atoms with Gasteiger partial charge in [0.05, 0.1) is 0 Å². The molecule has 4 nitrogen and oxygen atoms in total. The van der Waals surface area contributed by atoms with E-state index >= 15 is 0 Å². The number of nitrogens with two attached hydrogens (primary N) is 1. The average Bonchev–Trinajstić information content (AvgIpc) is 2.30. The fourth-order valence-corrected chi connectivity index (χ4v) is 4.11. The maximum atomic E-state index is 5.69. The van der Waals surface area contributed by atoms with E-state index < -0.39 is 5.97 Å². The summed E-state index contributed by atoms with van der Waals surface area (Å²) in [5.41, 5.74) is 5.95. The zero-order valence-corrected chi connectivity index (χ0v) is 12.8. The van der Waals surface area contributed by atoms with Crippen molar-refractivity contribution in [2.45, 2.75) is 38.3 Å². The summed E-state index contributed by atoms with van der Waals surface area (Å²) in [7, 11) is 4.60. The molecule has 0 rings (SSSR count). The summed E-state index contributed by atoms with van der Waals surface area (Å²) in [6.07, 6.45) is 1.17. The van der Waals surface area contributed by atoms with Gasteiger partial charge in [0.25, 0.3) is 5.97 Å². The quantitative estimate of drug-likeness (QED) is 0.376. The van der Waals surface area contributed by atoms with Crippen molar-refractivity contribution < 1.29 is 14.2 Å². The second kappa shape index (κ2) is 7.40. The van der Waals surface area contributed by atoms with E-state index in [1.54, 1.807) is 21.3 Å². The highest BCUT2D eigenvalue weighted by Gasteiger charge is 2.29. The second-order valence-corrected chi connectivity index (χ2v) is 6.79. The lowest BCUT2D eigenvalue weighted by atomic mass is 9.91. The highest BCUT2D eigenvalue weighted by atomic mass is 28.2. The first-order chi connectivity index (χ1) is 7.45. The van der Waals surface area contributed by atoms with Crippen LogP contribution >= 0.6 is 0 Å². The van der Waals surface area contributed by atoms with Crippen LogP contribution in [0.25, 0.3) is 0 Å². The Bertz CT molecular complexity index is 176. The van der Waals surface area contributed by atoms with E-state index in [9.17, 15) is 0 Å². The molecule has 0 radical (unpaired) electrons. The van der Waals surface area contributed by atoms with Crippen molar-refractivity contribution in [3.05, 3.63) is 0 Å². The van der Waals surface area contributed by atoms with Gasteiger partial charge in [-0.05, 0) is 18.4 Å². The number of rotatable bonds is 9. The zero-order chi connectivity index (χ0) is 12.7. The van der Waals surface area contributed by atoms with E-state index in [0.717, 1.165) is 12.6 Å². The molecule has 0 fully saturated rings. The van der Waals surface area contributed by atoms with Gasteiger partial charge in [0, 0.05) is 36.9 Å². The molecule has 98 valence electrons. The largest absolute Gasteiger partial charge is 0.331 e. The molecule has 0 saturated heterocycles. The van der Waals surface area contributed by atoms with Crippen LogP contribution in [0.3, 0.4) is 0 Å². The molecule has 0 bridgehead atoms. The van der Waals surface area contributed by atoms with Crippen LogP contribution in [0.5, 0.6) is 0 Å². The van der Waals surface area contributed by atoms with Gasteiger partial charge >= 0.3 is 0 Å². The van der Waals surface area contributed by atoms with E-state index in [4.69, 9.17) is 19.9 Å². The Kier molecular flexibility index (Phi) is 7.42. The molecular weight excluding hydrogens is 222 g/mol. The first-order valence-corrected chi connectivity index (χ1v) is 7.81. The molecule has 0 unspecified atom stereocenters. The molecule has 0 aromatic rings. The molecule has 16 heavy (non-hydrogen) atoms. The van der Waals surface area contributed by atoms with E-state index in [-0.39, 0.29) is 14.9 Å². The summed E-state index contributed by atoms with van der Waals surface area (Å²) in [6, 6.07) is 2.11. The van der Waals surface area contributed by atoms with Gasteiger partial charge in [0.1, 0.15) is 0 Å². The monoisotopic (exact) mass is 249 g/mol. The Morgan fingerprint density at radius 1 is 1.06 bits per heavy atom. The highest BCUT2D eigenvalue weighted by molar-refractivity contribution is 6.35. The molecule has 0 spiro atoms. The van der Waals surface area contributed by atoms with Gasteiger partial charge in [-0.1, -0.05) is 19.9 Å². The summed E-state index contributed by atoms with van der Waals surface area (Å²) in [6.45, 7) is 5.15. The van der Waals surface area contributed by atoms with Gasteiger partial charge in [0.2, 0.25) is 0 Å². The van der Waals surface area contributed by atoms with Gasteiger partial charge in [-0.25, -0.2) is 0 Å². The van der Waals surface area contributed by atoms with E-state index in [0.29, 0.717) is 0 Å². The fourth-order valence-electron chi connectivity index (χ4n) is 1.60. The smallest absolute Gasteiger partial charge is 0.278 e. The molecule has 2 N–H and O–H groups in total. The molecule has 0 aliphatic carbocycles. The Morgan fingerprint density at radius 2 is 1.56 bits per heavy atom. The molecular formula is C11H27NO3Si. The lowest BCUT2D eigenvalue weighted by Crippen LogP contribution is -2.37. The minimum Gasteiger partial charge on any atom is -0.331 e. The molecule has 0 saturated carbocycles. The van der Waals surface area contributed by atoms with Crippen LogP contribution in [0.1, 0.15) is 20.3 Å². The van der Waals surface area contributed by atoms with E-state index in [1.807, 2.05) is 0 Å². The van der Waals surface area contributed by atoms with Crippen molar-refractivity contribution >= 4 is 9.52 Å². The van der Waals surface area contributed by atoms with E-state index in [2.05, 4.69) is 13.8 Å². The van der Waals surface area contributed by atoms with E-state index in [1.165, 1.54) is 12.5 Å². The zero-order valence-electron chi connectivity index (χ0n) is 11.3. The number of methoxy groups -OCH3 is 3. The maximum Gasteiger partial charge on any atom is 0.278 e. The lowest BCUT2D eigenvalue weighted by Gasteiger charge is -2.29. The third-order valence-corrected chi connectivity index (χ3v) is 4.89. The van der Waals surface area contributed by atoms with Crippen LogP contribution in [-0.4, -0.2) is 43.4 Å². The molecule has 0 aliphatic rings. The predicted molar refractivity (Wildman–Crippen MR) is 69.4 cm³/mol. The van der Waals surface area contributed by atoms with Gasteiger partial charge in [0.15, 0.2) is 0 Å². The van der Waals surface area contributed by atoms with Crippen molar-refractivity contribution in [3.8, 4) is 0 Å². The van der Waals surface area contributed by atoms with Gasteiger partial charge < -0.3 is 19.9 Å². The number of ether oxygens (including phenoxy) is 3. The molecule has 5 heteroatoms. The van der Waals surface area contributed by atoms with Crippen molar-refractivity contribution in [2.75, 3.05) is 27.9 Å². The molecule has 0 aromatic heterocycles. The highest BCUT2D eigenvalue weighted by Crippen LogP contribution is 2.23. The normalized spacial score (nSPS) is 13.9. The molecule has 0 atom stereocenters. The summed E-state index contributed by atoms with van der Waals surface area (Å²) < 4.78 is 15.8. The third-order valence-electron chi connectivity index (χ3n) is 3.07. The topological polar surface area (TPSA) is 53.7 Å². The second-order valence-electron chi connectivity index (χ2n) is 4.87. The summed E-state index contributed by atoms with van der Waals surface area (Å²) >= 11 is 0. The Morgan fingerprint density at radius 3 is 1.94 bits per heavy atom. The van der Waals surface area contributed by atoms with Gasteiger partial charge in [-0.2, -0.15) is 0 Å². The minimum absolute atomic E-state index is 0.245. The molecule has 0 amide bonds. The molecule has 0 aromatic carbocycles. The van der Waals surface area contributed by atoms with Crippen LogP contribution in [0, 0.1) is 5.41 Å². The minimum atomic E-state index is -0.820. The van der Waals surface area contributed by atoms with Crippen LogP contribution in [-0.2, 0) is 14.2 Å². The summed E-state index contributed by atoms with van der Waals surface area (Å²) in [5.74, 6) is -0.820. The van der Waals surface area contributed by atoms with Crippen molar-refractivity contribution in [1.29, 1.82) is 0 Å². The third kappa shape index (κ3) is 5.40. The Labute approximate surface area is 102 Å². The lowest BCUT2D eigenvalue weighted by molar-refractivity contribution is -0.339. The van der Waals surface area contributed by atoms with Crippen LogP contribution in [0.4, 0.5) is 0 Å². The van der Waals surface area contributed by atoms with Gasteiger partial charge in [-0.15, -0.1) is 0 Å².